The molecule has 1 aromatic carbocycles. The molecule has 108 valence electrons. The van der Waals surface area contributed by atoms with Gasteiger partial charge in [0.25, 0.3) is 0 Å². The second-order valence-electron chi connectivity index (χ2n) is 3.90. The zero-order chi connectivity index (χ0) is 15.3. The molecule has 0 aromatic heterocycles. The minimum absolute atomic E-state index is 0.0155. The highest BCUT2D eigenvalue weighted by Gasteiger charge is 2.15. The van der Waals surface area contributed by atoms with Gasteiger partial charge in [0.15, 0.2) is 0 Å². The number of carbonyl (C=O) groups excluding carboxylic acids is 2. The van der Waals surface area contributed by atoms with E-state index >= 15 is 0 Å². The molecule has 1 rings (SSSR count). The van der Waals surface area contributed by atoms with E-state index in [0.717, 1.165) is 7.14 Å². The maximum atomic E-state index is 11.9. The summed E-state index contributed by atoms with van der Waals surface area (Å²) in [4.78, 5) is 23.0. The van der Waals surface area contributed by atoms with Crippen LogP contribution in [0.5, 0.6) is 0 Å². The first-order valence-corrected chi connectivity index (χ1v) is 7.73. The molecular weight excluding hydrogens is 488 g/mol. The predicted molar refractivity (Wildman–Crippen MR) is 92.3 cm³/mol. The Morgan fingerprint density at radius 3 is 2.45 bits per heavy atom. The lowest BCUT2D eigenvalue weighted by Gasteiger charge is -2.09. The van der Waals surface area contributed by atoms with Gasteiger partial charge in [0.2, 0.25) is 0 Å². The maximum absolute atomic E-state index is 11.9. The standard InChI is InChI=1S/C13H13I2NO4/c1-7(2)12(17)19-3-4-20-13(18)9-5-8(14)6-10(15)11(9)16/h5-6H,1,3-4,16H2,2H3. The van der Waals surface area contributed by atoms with Gasteiger partial charge in [-0.25, -0.2) is 9.59 Å². The Kier molecular flexibility index (Phi) is 6.72. The van der Waals surface area contributed by atoms with Gasteiger partial charge in [0.05, 0.1) is 11.3 Å². The van der Waals surface area contributed by atoms with Gasteiger partial charge < -0.3 is 15.2 Å². The molecule has 0 heterocycles. The Morgan fingerprint density at radius 2 is 1.85 bits per heavy atom. The highest BCUT2D eigenvalue weighted by molar-refractivity contribution is 14.1. The van der Waals surface area contributed by atoms with Gasteiger partial charge in [-0.2, -0.15) is 0 Å². The summed E-state index contributed by atoms with van der Waals surface area (Å²) < 4.78 is 11.5. The number of nitrogens with two attached hydrogens (primary N) is 1. The van der Waals surface area contributed by atoms with Gasteiger partial charge >= 0.3 is 11.9 Å². The SMILES string of the molecule is C=C(C)C(=O)OCCOC(=O)c1cc(I)cc(I)c1N. The lowest BCUT2D eigenvalue weighted by Crippen LogP contribution is -2.15. The van der Waals surface area contributed by atoms with Crippen molar-refractivity contribution in [1.82, 2.24) is 0 Å². The fourth-order valence-corrected chi connectivity index (χ4v) is 3.07. The first-order chi connectivity index (χ1) is 9.32. The van der Waals surface area contributed by atoms with Crippen molar-refractivity contribution in [2.75, 3.05) is 18.9 Å². The van der Waals surface area contributed by atoms with Crippen LogP contribution in [0.2, 0.25) is 0 Å². The summed E-state index contributed by atoms with van der Waals surface area (Å²) in [5.74, 6) is -1.05. The van der Waals surface area contributed by atoms with Crippen molar-refractivity contribution in [2.24, 2.45) is 0 Å². The summed E-state index contributed by atoms with van der Waals surface area (Å²) in [6, 6.07) is 3.52. The molecule has 0 spiro atoms. The molecule has 0 amide bonds. The number of esters is 2. The number of halogens is 2. The molecule has 0 aliphatic rings. The summed E-state index contributed by atoms with van der Waals surface area (Å²) in [6.07, 6.45) is 0. The van der Waals surface area contributed by atoms with Crippen LogP contribution >= 0.6 is 45.2 Å². The normalized spacial score (nSPS) is 9.95. The molecule has 0 saturated carbocycles. The van der Waals surface area contributed by atoms with E-state index < -0.39 is 11.9 Å². The molecule has 0 aliphatic heterocycles. The first-order valence-electron chi connectivity index (χ1n) is 5.57. The fourth-order valence-electron chi connectivity index (χ4n) is 1.22. The van der Waals surface area contributed by atoms with Crippen LogP contribution in [-0.4, -0.2) is 25.2 Å². The van der Waals surface area contributed by atoms with Crippen LogP contribution in [0.4, 0.5) is 5.69 Å². The number of hydrogen-bond donors (Lipinski definition) is 1. The van der Waals surface area contributed by atoms with Crippen LogP contribution in [-0.2, 0) is 14.3 Å². The number of rotatable bonds is 5. The molecule has 7 heteroatoms. The summed E-state index contributed by atoms with van der Waals surface area (Å²) in [5, 5.41) is 0. The first kappa shape index (κ1) is 17.2. The van der Waals surface area contributed by atoms with Crippen molar-refractivity contribution in [2.45, 2.75) is 6.92 Å². The number of hydrogen-bond acceptors (Lipinski definition) is 5. The highest BCUT2D eigenvalue weighted by Crippen LogP contribution is 2.23. The minimum Gasteiger partial charge on any atom is -0.459 e. The Morgan fingerprint density at radius 1 is 1.25 bits per heavy atom. The second kappa shape index (κ2) is 7.81. The number of nitrogen functional groups attached to an aromatic ring is 1. The lowest BCUT2D eigenvalue weighted by molar-refractivity contribution is -0.140. The van der Waals surface area contributed by atoms with Crippen LogP contribution in [0.3, 0.4) is 0 Å². The smallest absolute Gasteiger partial charge is 0.340 e. The van der Waals surface area contributed by atoms with Gasteiger partial charge in [-0.3, -0.25) is 0 Å². The second-order valence-corrected chi connectivity index (χ2v) is 6.31. The summed E-state index contributed by atoms with van der Waals surface area (Å²) in [6.45, 7) is 4.95. The van der Waals surface area contributed by atoms with Crippen LogP contribution in [0.25, 0.3) is 0 Å². The molecule has 20 heavy (non-hydrogen) atoms. The molecular formula is C13H13I2NO4. The molecule has 0 radical (unpaired) electrons. The van der Waals surface area contributed by atoms with Crippen LogP contribution in [0, 0.1) is 7.14 Å². The Hall–Kier alpha value is -0.840. The summed E-state index contributed by atoms with van der Waals surface area (Å²) >= 11 is 4.15. The van der Waals surface area contributed by atoms with Crippen molar-refractivity contribution in [3.05, 3.63) is 37.0 Å². The van der Waals surface area contributed by atoms with Gasteiger partial charge in [-0.15, -0.1) is 0 Å². The molecule has 0 bridgehead atoms. The molecule has 0 aliphatic carbocycles. The number of ether oxygens (including phenoxy) is 2. The third kappa shape index (κ3) is 4.93. The fraction of sp³-hybridized carbons (Fsp3) is 0.231. The van der Waals surface area contributed by atoms with Gasteiger partial charge in [-0.1, -0.05) is 6.58 Å². The number of carbonyl (C=O) groups is 2. The zero-order valence-corrected chi connectivity index (χ0v) is 15.1. The van der Waals surface area contributed by atoms with E-state index in [2.05, 4.69) is 51.8 Å². The Bertz CT molecular complexity index is 558. The van der Waals surface area contributed by atoms with Gasteiger partial charge in [0.1, 0.15) is 13.2 Å². The van der Waals surface area contributed by atoms with Crippen molar-refractivity contribution in [3.63, 3.8) is 0 Å². The summed E-state index contributed by atoms with van der Waals surface area (Å²) in [7, 11) is 0. The van der Waals surface area contributed by atoms with Crippen molar-refractivity contribution >= 4 is 62.8 Å². The van der Waals surface area contributed by atoms with E-state index in [1.54, 1.807) is 13.0 Å². The van der Waals surface area contributed by atoms with E-state index in [-0.39, 0.29) is 13.2 Å². The predicted octanol–water partition coefficient (Wildman–Crippen LogP) is 2.75. The molecule has 0 atom stereocenters. The number of benzene rings is 1. The van der Waals surface area contributed by atoms with Gasteiger partial charge in [0, 0.05) is 12.7 Å². The van der Waals surface area contributed by atoms with Crippen LogP contribution in [0.1, 0.15) is 17.3 Å². The Labute approximate surface area is 144 Å². The monoisotopic (exact) mass is 501 g/mol. The number of anilines is 1. The van der Waals surface area contributed by atoms with Crippen molar-refractivity contribution in [1.29, 1.82) is 0 Å². The van der Waals surface area contributed by atoms with E-state index in [4.69, 9.17) is 15.2 Å². The zero-order valence-electron chi connectivity index (χ0n) is 10.7. The Balaban J connectivity index is 2.56. The maximum Gasteiger partial charge on any atom is 0.340 e. The van der Waals surface area contributed by atoms with Crippen LogP contribution < -0.4 is 5.73 Å². The lowest BCUT2D eigenvalue weighted by atomic mass is 10.2. The van der Waals surface area contributed by atoms with E-state index in [1.165, 1.54) is 0 Å². The third-order valence-corrected chi connectivity index (χ3v) is 3.73. The summed E-state index contributed by atoms with van der Waals surface area (Å²) in [5.41, 5.74) is 6.83. The quantitative estimate of drug-likeness (QED) is 0.221. The minimum atomic E-state index is -0.537. The molecule has 0 saturated heterocycles. The molecule has 0 unspecified atom stereocenters. The third-order valence-electron chi connectivity index (χ3n) is 2.21. The average molecular weight is 501 g/mol. The average Bonchev–Trinajstić information content (AvgIpc) is 2.38. The van der Waals surface area contributed by atoms with E-state index in [9.17, 15) is 9.59 Å². The topological polar surface area (TPSA) is 78.6 Å². The van der Waals surface area contributed by atoms with Gasteiger partial charge in [-0.05, 0) is 64.2 Å². The van der Waals surface area contributed by atoms with Crippen molar-refractivity contribution < 1.29 is 19.1 Å². The molecule has 5 nitrogen and oxygen atoms in total. The van der Waals surface area contributed by atoms with E-state index in [0.29, 0.717) is 16.8 Å². The molecule has 2 N–H and O–H groups in total. The molecule has 1 aromatic rings. The van der Waals surface area contributed by atoms with Crippen molar-refractivity contribution in [3.8, 4) is 0 Å². The van der Waals surface area contributed by atoms with E-state index in [1.807, 2.05) is 6.07 Å². The molecule has 0 fully saturated rings. The highest BCUT2D eigenvalue weighted by atomic mass is 127. The largest absolute Gasteiger partial charge is 0.459 e. The van der Waals surface area contributed by atoms with Crippen LogP contribution in [0.15, 0.2) is 24.3 Å².